The van der Waals surface area contributed by atoms with E-state index >= 15 is 0 Å². The molecule has 4 heteroatoms. The zero-order valence-electron chi connectivity index (χ0n) is 11.3. The molecule has 4 nitrogen and oxygen atoms in total. The summed E-state index contributed by atoms with van der Waals surface area (Å²) in [6.07, 6.45) is 2.60. The quantitative estimate of drug-likeness (QED) is 0.551. The largest absolute Gasteiger partial charge is 0.466 e. The first-order valence-electron chi connectivity index (χ1n) is 6.53. The van der Waals surface area contributed by atoms with Crippen LogP contribution in [-0.4, -0.2) is 42.9 Å². The summed E-state index contributed by atoms with van der Waals surface area (Å²) < 4.78 is 4.79. The fourth-order valence-corrected chi connectivity index (χ4v) is 1.71. The van der Waals surface area contributed by atoms with Crippen LogP contribution in [0.4, 0.5) is 0 Å². The third-order valence-corrected chi connectivity index (χ3v) is 2.39. The third-order valence-electron chi connectivity index (χ3n) is 2.39. The van der Waals surface area contributed by atoms with E-state index in [1.54, 1.807) is 6.92 Å². The van der Waals surface area contributed by atoms with Crippen LogP contribution in [0.15, 0.2) is 0 Å². The van der Waals surface area contributed by atoms with Gasteiger partial charge in [-0.25, -0.2) is 0 Å². The standard InChI is InChI=1S/C13H25NO3/c1-4-9-14(10-5-2)11-12(15)7-8-13(16)17-6-3/h4-11H2,1-3H3. The van der Waals surface area contributed by atoms with Gasteiger partial charge in [0.15, 0.2) is 0 Å². The molecule has 0 fully saturated rings. The summed E-state index contributed by atoms with van der Waals surface area (Å²) in [5.41, 5.74) is 0. The van der Waals surface area contributed by atoms with Gasteiger partial charge in [-0.1, -0.05) is 13.8 Å². The Balaban J connectivity index is 3.84. The minimum atomic E-state index is -0.279. The summed E-state index contributed by atoms with van der Waals surface area (Å²) in [6.45, 7) is 8.70. The first-order chi connectivity index (χ1) is 8.13. The van der Waals surface area contributed by atoms with Crippen LogP contribution >= 0.6 is 0 Å². The molecule has 0 saturated heterocycles. The second kappa shape index (κ2) is 10.3. The number of hydrogen-bond acceptors (Lipinski definition) is 4. The van der Waals surface area contributed by atoms with Crippen LogP contribution in [0.1, 0.15) is 46.5 Å². The summed E-state index contributed by atoms with van der Waals surface area (Å²) in [5.74, 6) is -0.154. The molecule has 0 aliphatic carbocycles. The molecule has 0 bridgehead atoms. The van der Waals surface area contributed by atoms with Crippen molar-refractivity contribution in [1.29, 1.82) is 0 Å². The Kier molecular flexibility index (Phi) is 9.72. The van der Waals surface area contributed by atoms with Gasteiger partial charge in [0.05, 0.1) is 19.6 Å². The summed E-state index contributed by atoms with van der Waals surface area (Å²) >= 11 is 0. The van der Waals surface area contributed by atoms with E-state index in [1.165, 1.54) is 0 Å². The summed E-state index contributed by atoms with van der Waals surface area (Å²) in [5, 5.41) is 0. The Hall–Kier alpha value is -0.900. The highest BCUT2D eigenvalue weighted by Crippen LogP contribution is 1.99. The van der Waals surface area contributed by atoms with Crippen LogP contribution in [0.2, 0.25) is 0 Å². The van der Waals surface area contributed by atoms with Crippen LogP contribution in [0.5, 0.6) is 0 Å². The van der Waals surface area contributed by atoms with Crippen molar-refractivity contribution in [2.45, 2.75) is 46.5 Å². The Bertz CT molecular complexity index is 223. The number of esters is 1. The Morgan fingerprint density at radius 1 is 1.00 bits per heavy atom. The monoisotopic (exact) mass is 243 g/mol. The molecule has 0 N–H and O–H groups in total. The van der Waals surface area contributed by atoms with Gasteiger partial charge in [0.1, 0.15) is 5.78 Å². The summed E-state index contributed by atoms with van der Waals surface area (Å²) in [7, 11) is 0. The number of hydrogen-bond donors (Lipinski definition) is 0. The van der Waals surface area contributed by atoms with Gasteiger partial charge in [-0.3, -0.25) is 14.5 Å². The molecule has 0 atom stereocenters. The Morgan fingerprint density at radius 2 is 1.59 bits per heavy atom. The Morgan fingerprint density at radius 3 is 2.06 bits per heavy atom. The van der Waals surface area contributed by atoms with Gasteiger partial charge in [-0.2, -0.15) is 0 Å². The van der Waals surface area contributed by atoms with Crippen molar-refractivity contribution in [3.05, 3.63) is 0 Å². The molecule has 0 unspecified atom stereocenters. The lowest BCUT2D eigenvalue weighted by atomic mass is 10.2. The van der Waals surface area contributed by atoms with Gasteiger partial charge in [0.2, 0.25) is 0 Å². The summed E-state index contributed by atoms with van der Waals surface area (Å²) in [6, 6.07) is 0. The van der Waals surface area contributed by atoms with Crippen LogP contribution < -0.4 is 0 Å². The number of rotatable bonds is 10. The van der Waals surface area contributed by atoms with Gasteiger partial charge in [-0.05, 0) is 32.9 Å². The Labute approximate surface area is 104 Å². The molecule has 0 aromatic carbocycles. The molecular weight excluding hydrogens is 218 g/mol. The summed E-state index contributed by atoms with van der Waals surface area (Å²) in [4.78, 5) is 24.9. The molecule has 100 valence electrons. The molecule has 0 aromatic heterocycles. The number of carbonyl (C=O) groups is 2. The highest BCUT2D eigenvalue weighted by Gasteiger charge is 2.11. The molecule has 0 aliphatic rings. The van der Waals surface area contributed by atoms with E-state index in [0.717, 1.165) is 25.9 Å². The molecular formula is C13H25NO3. The molecule has 0 aliphatic heterocycles. The van der Waals surface area contributed by atoms with Crippen molar-refractivity contribution >= 4 is 11.8 Å². The molecule has 0 radical (unpaired) electrons. The maximum Gasteiger partial charge on any atom is 0.306 e. The zero-order valence-corrected chi connectivity index (χ0v) is 11.3. The van der Waals surface area contributed by atoms with Crippen molar-refractivity contribution in [2.24, 2.45) is 0 Å². The molecule has 0 aromatic rings. The average Bonchev–Trinajstić information content (AvgIpc) is 2.27. The first kappa shape index (κ1) is 16.1. The number of ether oxygens (including phenoxy) is 1. The SMILES string of the molecule is CCCN(CCC)CC(=O)CCC(=O)OCC. The lowest BCUT2D eigenvalue weighted by molar-refractivity contribution is -0.144. The third kappa shape index (κ3) is 8.86. The predicted octanol–water partition coefficient (Wildman–Crippen LogP) is 2.02. The van der Waals surface area contributed by atoms with E-state index in [2.05, 4.69) is 18.7 Å². The van der Waals surface area contributed by atoms with E-state index in [0.29, 0.717) is 19.6 Å². The van der Waals surface area contributed by atoms with Crippen molar-refractivity contribution in [2.75, 3.05) is 26.2 Å². The normalized spacial score (nSPS) is 10.6. The van der Waals surface area contributed by atoms with Gasteiger partial charge >= 0.3 is 5.97 Å². The lowest BCUT2D eigenvalue weighted by Gasteiger charge is -2.19. The number of ketones is 1. The number of Topliss-reactive ketones (excluding diaryl/α,β-unsaturated/α-hetero) is 1. The first-order valence-corrected chi connectivity index (χ1v) is 6.53. The molecule has 0 spiro atoms. The number of carbonyl (C=O) groups excluding carboxylic acids is 2. The second-order valence-corrected chi connectivity index (χ2v) is 4.12. The predicted molar refractivity (Wildman–Crippen MR) is 67.9 cm³/mol. The van der Waals surface area contributed by atoms with Crippen LogP contribution in [-0.2, 0) is 14.3 Å². The van der Waals surface area contributed by atoms with Crippen LogP contribution in [0.25, 0.3) is 0 Å². The van der Waals surface area contributed by atoms with E-state index in [9.17, 15) is 9.59 Å². The van der Waals surface area contributed by atoms with Gasteiger partial charge < -0.3 is 4.74 Å². The fourth-order valence-electron chi connectivity index (χ4n) is 1.71. The van der Waals surface area contributed by atoms with Crippen molar-refractivity contribution in [3.63, 3.8) is 0 Å². The average molecular weight is 243 g/mol. The molecule has 17 heavy (non-hydrogen) atoms. The van der Waals surface area contributed by atoms with Gasteiger partial charge in [-0.15, -0.1) is 0 Å². The molecule has 0 rings (SSSR count). The van der Waals surface area contributed by atoms with Crippen LogP contribution in [0.3, 0.4) is 0 Å². The zero-order chi connectivity index (χ0) is 13.1. The second-order valence-electron chi connectivity index (χ2n) is 4.12. The molecule has 0 amide bonds. The highest BCUT2D eigenvalue weighted by molar-refractivity contribution is 5.84. The van der Waals surface area contributed by atoms with Crippen LogP contribution in [0, 0.1) is 0 Å². The highest BCUT2D eigenvalue weighted by atomic mass is 16.5. The van der Waals surface area contributed by atoms with Crippen molar-refractivity contribution in [1.82, 2.24) is 4.90 Å². The fraction of sp³-hybridized carbons (Fsp3) is 0.846. The minimum absolute atomic E-state index is 0.125. The number of nitrogens with zero attached hydrogens (tertiary/aromatic N) is 1. The van der Waals surface area contributed by atoms with E-state index in [-0.39, 0.29) is 18.2 Å². The minimum Gasteiger partial charge on any atom is -0.466 e. The lowest BCUT2D eigenvalue weighted by Crippen LogP contribution is -2.31. The maximum absolute atomic E-state index is 11.7. The maximum atomic E-state index is 11.7. The van der Waals surface area contributed by atoms with E-state index in [4.69, 9.17) is 4.74 Å². The van der Waals surface area contributed by atoms with Gasteiger partial charge in [0, 0.05) is 6.42 Å². The van der Waals surface area contributed by atoms with Crippen molar-refractivity contribution < 1.29 is 14.3 Å². The van der Waals surface area contributed by atoms with E-state index in [1.807, 2.05) is 0 Å². The van der Waals surface area contributed by atoms with Gasteiger partial charge in [0.25, 0.3) is 0 Å². The van der Waals surface area contributed by atoms with Crippen molar-refractivity contribution in [3.8, 4) is 0 Å². The smallest absolute Gasteiger partial charge is 0.306 e. The molecule has 0 heterocycles. The topological polar surface area (TPSA) is 46.6 Å². The molecule has 0 saturated carbocycles. The van der Waals surface area contributed by atoms with E-state index < -0.39 is 0 Å².